The molecule has 3 N–H and O–H groups in total. The Morgan fingerprint density at radius 3 is 2.73 bits per heavy atom. The van der Waals surface area contributed by atoms with Gasteiger partial charge in [0.25, 0.3) is 0 Å². The second-order valence-corrected chi connectivity index (χ2v) is 7.06. The van der Waals surface area contributed by atoms with Crippen LogP contribution in [-0.2, 0) is 16.1 Å². The number of esters is 1. The standard InChI is InChI=1S/C16H18BrNO7S/c1-9(19)24-16-13(20)14(10-5-3-4-6-12(10)23-2)25-15(16)11(17)7-8-18-26(21)22/h3-6,11,18,20H,7-8H2,1-2H3,(H,21,22). The number of halogens is 1. The Morgan fingerprint density at radius 1 is 1.42 bits per heavy atom. The highest BCUT2D eigenvalue weighted by molar-refractivity contribution is 9.09. The molecule has 0 saturated heterocycles. The van der Waals surface area contributed by atoms with Gasteiger partial charge in [-0.25, -0.2) is 8.93 Å². The SMILES string of the molecule is COc1ccccc1-c1oc(C(Br)CCNS(=O)O)c(OC(C)=O)c1O. The van der Waals surface area contributed by atoms with Gasteiger partial charge in [0.15, 0.2) is 11.5 Å². The van der Waals surface area contributed by atoms with Gasteiger partial charge in [0.05, 0.1) is 17.5 Å². The molecule has 0 saturated carbocycles. The molecule has 0 aliphatic carbocycles. The third-order valence-corrected chi connectivity index (χ3v) is 4.70. The van der Waals surface area contributed by atoms with Crippen LogP contribution in [0.4, 0.5) is 0 Å². The van der Waals surface area contributed by atoms with Crippen LogP contribution in [-0.4, -0.2) is 33.5 Å². The van der Waals surface area contributed by atoms with Crippen molar-refractivity contribution in [1.29, 1.82) is 0 Å². The number of methoxy groups -OCH3 is 1. The zero-order valence-corrected chi connectivity index (χ0v) is 16.4. The van der Waals surface area contributed by atoms with Crippen molar-refractivity contribution in [3.8, 4) is 28.6 Å². The first kappa shape index (κ1) is 20.4. The summed E-state index contributed by atoms with van der Waals surface area (Å²) in [4.78, 5) is 10.9. The minimum absolute atomic E-state index is 0.0943. The van der Waals surface area contributed by atoms with Crippen LogP contribution in [0.25, 0.3) is 11.3 Å². The van der Waals surface area contributed by atoms with E-state index in [1.807, 2.05) is 0 Å². The van der Waals surface area contributed by atoms with Gasteiger partial charge >= 0.3 is 5.97 Å². The van der Waals surface area contributed by atoms with E-state index in [-0.39, 0.29) is 29.6 Å². The highest BCUT2D eigenvalue weighted by atomic mass is 79.9. The summed E-state index contributed by atoms with van der Waals surface area (Å²) < 4.78 is 38.0. The number of para-hydroxylation sites is 1. The van der Waals surface area contributed by atoms with Gasteiger partial charge in [-0.1, -0.05) is 28.1 Å². The molecule has 1 aromatic heterocycles. The number of aromatic hydroxyl groups is 1. The van der Waals surface area contributed by atoms with Crippen molar-refractivity contribution < 1.29 is 32.6 Å². The molecule has 8 nitrogen and oxygen atoms in total. The average Bonchev–Trinajstić information content (AvgIpc) is 2.90. The lowest BCUT2D eigenvalue weighted by Crippen LogP contribution is -2.18. The van der Waals surface area contributed by atoms with E-state index >= 15 is 0 Å². The number of carbonyl (C=O) groups is 1. The van der Waals surface area contributed by atoms with Crippen LogP contribution in [0.3, 0.4) is 0 Å². The number of nitrogens with one attached hydrogen (secondary N) is 1. The Balaban J connectivity index is 2.44. The summed E-state index contributed by atoms with van der Waals surface area (Å²) in [5.41, 5.74) is 0.487. The quantitative estimate of drug-likeness (QED) is 0.323. The van der Waals surface area contributed by atoms with Crippen LogP contribution in [0, 0.1) is 0 Å². The molecule has 1 heterocycles. The van der Waals surface area contributed by atoms with Crippen molar-refractivity contribution in [2.45, 2.75) is 18.2 Å². The first-order valence-electron chi connectivity index (χ1n) is 7.51. The monoisotopic (exact) mass is 447 g/mol. The van der Waals surface area contributed by atoms with Crippen molar-refractivity contribution in [1.82, 2.24) is 4.72 Å². The largest absolute Gasteiger partial charge is 0.502 e. The maximum Gasteiger partial charge on any atom is 0.308 e. The molecule has 2 atom stereocenters. The third kappa shape index (κ3) is 4.85. The summed E-state index contributed by atoms with van der Waals surface area (Å²) in [7, 11) is 1.49. The van der Waals surface area contributed by atoms with Crippen LogP contribution < -0.4 is 14.2 Å². The van der Waals surface area contributed by atoms with Gasteiger partial charge in [0, 0.05) is 13.5 Å². The first-order valence-corrected chi connectivity index (χ1v) is 9.53. The third-order valence-electron chi connectivity index (χ3n) is 3.37. The van der Waals surface area contributed by atoms with Gasteiger partial charge in [0.2, 0.25) is 22.8 Å². The Bertz CT molecular complexity index is 808. The van der Waals surface area contributed by atoms with Gasteiger partial charge in [-0.2, -0.15) is 0 Å². The van der Waals surface area contributed by atoms with E-state index in [4.69, 9.17) is 18.4 Å². The van der Waals surface area contributed by atoms with E-state index in [2.05, 4.69) is 20.7 Å². The van der Waals surface area contributed by atoms with Crippen LogP contribution in [0.15, 0.2) is 28.7 Å². The maximum absolute atomic E-state index is 11.4. The lowest BCUT2D eigenvalue weighted by molar-refractivity contribution is -0.132. The fourth-order valence-electron chi connectivity index (χ4n) is 2.29. The highest BCUT2D eigenvalue weighted by Crippen LogP contribution is 2.49. The highest BCUT2D eigenvalue weighted by Gasteiger charge is 2.29. The molecule has 0 fully saturated rings. The Hall–Kier alpha value is -1.88. The van der Waals surface area contributed by atoms with Crippen LogP contribution in [0.5, 0.6) is 17.2 Å². The summed E-state index contributed by atoms with van der Waals surface area (Å²) in [6.07, 6.45) is 0.332. The maximum atomic E-state index is 11.4. The van der Waals surface area contributed by atoms with E-state index in [0.717, 1.165) is 0 Å². The van der Waals surface area contributed by atoms with E-state index in [9.17, 15) is 14.1 Å². The molecule has 2 rings (SSSR count). The topological polar surface area (TPSA) is 118 Å². The fraction of sp³-hybridized carbons (Fsp3) is 0.312. The summed E-state index contributed by atoms with van der Waals surface area (Å²) in [5, 5.41) is 10.5. The lowest BCUT2D eigenvalue weighted by Gasteiger charge is -2.09. The van der Waals surface area contributed by atoms with Gasteiger partial charge in [-0.15, -0.1) is 0 Å². The molecule has 26 heavy (non-hydrogen) atoms. The number of benzene rings is 1. The smallest absolute Gasteiger partial charge is 0.308 e. The predicted octanol–water partition coefficient (Wildman–Crippen LogP) is 3.14. The molecule has 142 valence electrons. The van der Waals surface area contributed by atoms with Crippen LogP contribution in [0.2, 0.25) is 0 Å². The molecule has 2 unspecified atom stereocenters. The fourth-order valence-corrected chi connectivity index (χ4v) is 3.11. The average molecular weight is 448 g/mol. The van der Waals surface area contributed by atoms with Crippen molar-refractivity contribution in [2.24, 2.45) is 0 Å². The van der Waals surface area contributed by atoms with Crippen molar-refractivity contribution in [2.75, 3.05) is 13.7 Å². The normalized spacial score (nSPS) is 13.2. The Morgan fingerprint density at radius 2 is 2.12 bits per heavy atom. The summed E-state index contributed by atoms with van der Waals surface area (Å²) in [6.45, 7) is 1.39. The van der Waals surface area contributed by atoms with Gasteiger partial charge in [0.1, 0.15) is 5.75 Å². The number of rotatable bonds is 8. The Kier molecular flexibility index (Phi) is 7.21. The van der Waals surface area contributed by atoms with Crippen molar-refractivity contribution >= 4 is 33.2 Å². The van der Waals surface area contributed by atoms with E-state index in [0.29, 0.717) is 17.7 Å². The molecule has 0 aliphatic heterocycles. The van der Waals surface area contributed by atoms with Gasteiger partial charge in [-0.3, -0.25) is 9.35 Å². The number of ether oxygens (including phenoxy) is 2. The second kappa shape index (κ2) is 9.17. The first-order chi connectivity index (χ1) is 12.3. The van der Waals surface area contributed by atoms with Gasteiger partial charge < -0.3 is 19.0 Å². The number of alkyl halides is 1. The van der Waals surface area contributed by atoms with E-state index in [1.165, 1.54) is 14.0 Å². The van der Waals surface area contributed by atoms with Crippen LogP contribution >= 0.6 is 15.9 Å². The molecular formula is C16H18BrNO7S. The number of hydrogen-bond donors (Lipinski definition) is 3. The molecule has 0 bridgehead atoms. The molecule has 10 heteroatoms. The zero-order valence-electron chi connectivity index (χ0n) is 14.0. The molecule has 0 amide bonds. The van der Waals surface area contributed by atoms with Crippen molar-refractivity contribution in [3.05, 3.63) is 30.0 Å². The molecule has 0 spiro atoms. The molecule has 0 aliphatic rings. The predicted molar refractivity (Wildman–Crippen MR) is 98.7 cm³/mol. The minimum Gasteiger partial charge on any atom is -0.502 e. The number of hydrogen-bond acceptors (Lipinski definition) is 6. The second-order valence-electron chi connectivity index (χ2n) is 5.17. The van der Waals surface area contributed by atoms with Gasteiger partial charge in [-0.05, 0) is 18.6 Å². The zero-order chi connectivity index (χ0) is 19.3. The molecule has 0 radical (unpaired) electrons. The Labute approximate surface area is 161 Å². The number of carbonyl (C=O) groups excluding carboxylic acids is 1. The number of furan rings is 1. The molecule has 2 aromatic rings. The molecular weight excluding hydrogens is 430 g/mol. The molecule has 1 aromatic carbocycles. The van der Waals surface area contributed by atoms with E-state index in [1.54, 1.807) is 24.3 Å². The summed E-state index contributed by atoms with van der Waals surface area (Å²) in [6, 6.07) is 6.91. The summed E-state index contributed by atoms with van der Waals surface area (Å²) in [5.74, 6) is -0.307. The minimum atomic E-state index is -2.14. The van der Waals surface area contributed by atoms with E-state index < -0.39 is 22.1 Å². The summed E-state index contributed by atoms with van der Waals surface area (Å²) >= 11 is 1.25. The van der Waals surface area contributed by atoms with Crippen LogP contribution in [0.1, 0.15) is 23.9 Å². The lowest BCUT2D eigenvalue weighted by atomic mass is 10.1. The van der Waals surface area contributed by atoms with Crippen molar-refractivity contribution in [3.63, 3.8) is 0 Å².